The number of piperidine rings is 2. The van der Waals surface area contributed by atoms with E-state index in [4.69, 9.17) is 35.3 Å². The SMILES string of the molecule is C=CC(=O)OCC.CCOC(=O)/C=C/c1ncc(OC)nc1NC1CCN(C(=O)OC(C)(C)C)CC1.COc1cnc(Cl)c(NC2CCN(C(=O)OC(C)(C)C)CC2)n1. The van der Waals surface area contributed by atoms with Gasteiger partial charge >= 0.3 is 24.1 Å². The third kappa shape index (κ3) is 19.3. The number of hydrogen-bond donors (Lipinski definition) is 2. The first-order valence-corrected chi connectivity index (χ1v) is 19.8. The van der Waals surface area contributed by atoms with Gasteiger partial charge in [-0.05, 0) is 87.1 Å². The first-order chi connectivity index (χ1) is 27.8. The second kappa shape index (κ2) is 24.5. The fourth-order valence-electron chi connectivity index (χ4n) is 5.25. The molecule has 0 aliphatic carbocycles. The van der Waals surface area contributed by atoms with Crippen LogP contribution in [0, 0.1) is 0 Å². The summed E-state index contributed by atoms with van der Waals surface area (Å²) >= 11 is 6.05. The Bertz CT molecular complexity index is 1700. The number of carbonyl (C=O) groups is 4. The summed E-state index contributed by atoms with van der Waals surface area (Å²) in [4.78, 5) is 66.3. The number of rotatable bonds is 11. The molecule has 2 aliphatic rings. The van der Waals surface area contributed by atoms with Gasteiger partial charge in [0, 0.05) is 50.4 Å². The monoisotopic (exact) mass is 848 g/mol. The van der Waals surface area contributed by atoms with Crippen molar-refractivity contribution >= 4 is 53.4 Å². The number of anilines is 2. The molecule has 0 spiro atoms. The van der Waals surface area contributed by atoms with E-state index in [9.17, 15) is 19.2 Å². The van der Waals surface area contributed by atoms with Crippen molar-refractivity contribution in [3.63, 3.8) is 0 Å². The van der Waals surface area contributed by atoms with Crippen LogP contribution in [0.5, 0.6) is 11.8 Å². The number of halogens is 1. The molecule has 0 unspecified atom stereocenters. The Morgan fingerprint density at radius 2 is 1.17 bits per heavy atom. The summed E-state index contributed by atoms with van der Waals surface area (Å²) in [6, 6.07) is 0.275. The molecule has 0 radical (unpaired) electrons. The van der Waals surface area contributed by atoms with Gasteiger partial charge in [0.05, 0.1) is 39.8 Å². The van der Waals surface area contributed by atoms with Crippen LogP contribution < -0.4 is 20.1 Å². The largest absolute Gasteiger partial charge is 0.480 e. The zero-order valence-corrected chi connectivity index (χ0v) is 36.7. The molecule has 0 atom stereocenters. The summed E-state index contributed by atoms with van der Waals surface area (Å²) in [6.45, 7) is 21.0. The van der Waals surface area contributed by atoms with E-state index in [-0.39, 0.29) is 30.2 Å². The third-order valence-electron chi connectivity index (χ3n) is 7.99. The van der Waals surface area contributed by atoms with Crippen molar-refractivity contribution in [2.24, 2.45) is 0 Å². The summed E-state index contributed by atoms with van der Waals surface area (Å²) in [7, 11) is 3.04. The topological polar surface area (TPSA) is 206 Å². The van der Waals surface area contributed by atoms with Gasteiger partial charge in [-0.1, -0.05) is 18.2 Å². The number of hydrogen-bond acceptors (Lipinski definition) is 16. The Morgan fingerprint density at radius 3 is 1.58 bits per heavy atom. The minimum Gasteiger partial charge on any atom is -0.480 e. The van der Waals surface area contributed by atoms with Crippen LogP contribution in [0.1, 0.15) is 86.8 Å². The lowest BCUT2D eigenvalue weighted by Gasteiger charge is -2.34. The minimum absolute atomic E-state index is 0.102. The fraction of sp³-hybridized carbons (Fsp3) is 0.600. The summed E-state index contributed by atoms with van der Waals surface area (Å²) in [5.74, 6) is 0.988. The lowest BCUT2D eigenvalue weighted by atomic mass is 10.1. The molecule has 2 saturated heterocycles. The molecule has 0 aromatic carbocycles. The molecule has 2 amide bonds. The molecule has 2 aliphatic heterocycles. The number of esters is 2. The fourth-order valence-corrected chi connectivity index (χ4v) is 5.39. The van der Waals surface area contributed by atoms with Crippen LogP contribution in [0.25, 0.3) is 6.08 Å². The average molecular weight is 849 g/mol. The first-order valence-electron chi connectivity index (χ1n) is 19.4. The number of nitrogens with one attached hydrogen (secondary N) is 2. The van der Waals surface area contributed by atoms with E-state index in [2.05, 4.69) is 41.9 Å². The molecule has 0 saturated carbocycles. The smallest absolute Gasteiger partial charge is 0.410 e. The van der Waals surface area contributed by atoms with Gasteiger partial charge in [-0.15, -0.1) is 0 Å². The van der Waals surface area contributed by atoms with Gasteiger partial charge in [-0.2, -0.15) is 9.97 Å². The van der Waals surface area contributed by atoms with E-state index in [1.807, 2.05) is 41.5 Å². The molecule has 4 heterocycles. The van der Waals surface area contributed by atoms with Crippen LogP contribution in [0.4, 0.5) is 21.2 Å². The Balaban J connectivity index is 0.000000356. The Kier molecular flexibility index (Phi) is 20.7. The molecule has 2 aromatic rings. The molecule has 2 N–H and O–H groups in total. The highest BCUT2D eigenvalue weighted by Crippen LogP contribution is 2.25. The van der Waals surface area contributed by atoms with Crippen LogP contribution in [0.3, 0.4) is 0 Å². The number of carbonyl (C=O) groups excluding carboxylic acids is 4. The van der Waals surface area contributed by atoms with E-state index < -0.39 is 17.2 Å². The molecule has 19 heteroatoms. The maximum Gasteiger partial charge on any atom is 0.410 e. The highest BCUT2D eigenvalue weighted by molar-refractivity contribution is 6.31. The number of nitrogens with zero attached hydrogens (tertiary/aromatic N) is 6. The van der Waals surface area contributed by atoms with Crippen molar-refractivity contribution in [3.05, 3.63) is 42.0 Å². The second-order valence-electron chi connectivity index (χ2n) is 15.0. The first kappa shape index (κ1) is 49.8. The van der Waals surface area contributed by atoms with Gasteiger partial charge in [0.25, 0.3) is 0 Å². The third-order valence-corrected chi connectivity index (χ3v) is 8.27. The van der Waals surface area contributed by atoms with Gasteiger partial charge in [-0.25, -0.2) is 29.1 Å². The number of likely N-dealkylation sites (tertiary alicyclic amines) is 2. The van der Waals surface area contributed by atoms with Crippen LogP contribution in [-0.2, 0) is 28.5 Å². The van der Waals surface area contributed by atoms with Gasteiger partial charge in [0.15, 0.2) is 16.8 Å². The Labute approximate surface area is 352 Å². The van der Waals surface area contributed by atoms with Crippen molar-refractivity contribution in [1.29, 1.82) is 0 Å². The predicted octanol–water partition coefficient (Wildman–Crippen LogP) is 6.56. The van der Waals surface area contributed by atoms with Gasteiger partial charge < -0.3 is 48.9 Å². The van der Waals surface area contributed by atoms with Crippen LogP contribution in [0.15, 0.2) is 31.1 Å². The quantitative estimate of drug-likeness (QED) is 0.140. The standard InChI is InChI=1S/C20H30N4O5.C15H23ClN4O3.C5H8O2/c1-6-28-17(25)8-7-15-18(23-16(27-5)13-21-15)22-14-9-11-24(12-10-14)19(26)29-20(2,3)4;1-15(2,3)23-14(21)20-7-5-10(6-8-20)18-13-12(16)17-9-11(19-13)22-4;1-3-5(6)7-4-2/h7-8,13-14H,6,9-12H2,1-5H3,(H,22,23);9-10H,5-8H2,1-4H3,(H,18,19);3H,1,4H2,2H3/b8-7+;;. The Morgan fingerprint density at radius 1 is 0.746 bits per heavy atom. The summed E-state index contributed by atoms with van der Waals surface area (Å²) < 4.78 is 30.4. The molecular weight excluding hydrogens is 788 g/mol. The minimum atomic E-state index is -0.511. The van der Waals surface area contributed by atoms with Crippen LogP contribution in [0.2, 0.25) is 5.15 Å². The predicted molar refractivity (Wildman–Crippen MR) is 224 cm³/mol. The van der Waals surface area contributed by atoms with E-state index >= 15 is 0 Å². The molecule has 59 heavy (non-hydrogen) atoms. The lowest BCUT2D eigenvalue weighted by Crippen LogP contribution is -2.44. The van der Waals surface area contributed by atoms with Crippen LogP contribution in [-0.4, -0.2) is 131 Å². The molecule has 18 nitrogen and oxygen atoms in total. The van der Waals surface area contributed by atoms with Crippen LogP contribution >= 0.6 is 11.6 Å². The highest BCUT2D eigenvalue weighted by Gasteiger charge is 2.29. The number of aromatic nitrogens is 4. The second-order valence-corrected chi connectivity index (χ2v) is 15.4. The maximum atomic E-state index is 12.2. The number of amides is 2. The maximum absolute atomic E-state index is 12.2. The van der Waals surface area contributed by atoms with E-state index in [1.54, 1.807) is 29.7 Å². The van der Waals surface area contributed by atoms with Crippen molar-refractivity contribution in [2.75, 3.05) is 64.2 Å². The van der Waals surface area contributed by atoms with Crippen molar-refractivity contribution in [1.82, 2.24) is 29.7 Å². The molecule has 4 rings (SSSR count). The molecule has 2 aromatic heterocycles. The van der Waals surface area contributed by atoms with Crippen molar-refractivity contribution < 1.29 is 47.6 Å². The van der Waals surface area contributed by atoms with Crippen molar-refractivity contribution in [3.8, 4) is 11.8 Å². The van der Waals surface area contributed by atoms with Crippen molar-refractivity contribution in [2.45, 2.75) is 104 Å². The van der Waals surface area contributed by atoms with E-state index in [0.717, 1.165) is 31.8 Å². The van der Waals surface area contributed by atoms with E-state index in [1.165, 1.54) is 32.7 Å². The zero-order chi connectivity index (χ0) is 44.2. The number of ether oxygens (including phenoxy) is 6. The van der Waals surface area contributed by atoms with Gasteiger partial charge in [0.2, 0.25) is 11.8 Å². The molecular formula is C40H61ClN8O10. The number of methoxy groups -OCH3 is 2. The summed E-state index contributed by atoms with van der Waals surface area (Å²) in [5.41, 5.74) is -0.480. The van der Waals surface area contributed by atoms with Gasteiger partial charge in [0.1, 0.15) is 16.9 Å². The summed E-state index contributed by atoms with van der Waals surface area (Å²) in [5, 5.41) is 6.93. The molecule has 2 fully saturated rings. The zero-order valence-electron chi connectivity index (χ0n) is 36.0. The highest BCUT2D eigenvalue weighted by atomic mass is 35.5. The average Bonchev–Trinajstić information content (AvgIpc) is 3.18. The normalized spacial score (nSPS) is 14.7. The summed E-state index contributed by atoms with van der Waals surface area (Å²) in [6.07, 6.45) is 9.45. The van der Waals surface area contributed by atoms with Gasteiger partial charge in [-0.3, -0.25) is 0 Å². The van der Waals surface area contributed by atoms with E-state index in [0.29, 0.717) is 73.6 Å². The lowest BCUT2D eigenvalue weighted by molar-refractivity contribution is -0.138. The molecule has 0 bridgehead atoms. The molecule has 328 valence electrons. The Hall–Kier alpha value is -5.39.